The lowest BCUT2D eigenvalue weighted by Gasteiger charge is -2.04. The third-order valence-electron chi connectivity index (χ3n) is 2.98. The Bertz CT molecular complexity index is 695. The molecule has 2 aromatic heterocycles. The number of aromatic nitrogens is 2. The number of hydrogen-bond acceptors (Lipinski definition) is 5. The molecule has 0 saturated heterocycles. The number of benzene rings is 1. The highest BCUT2D eigenvalue weighted by Gasteiger charge is 2.06. The van der Waals surface area contributed by atoms with E-state index in [0.717, 1.165) is 27.7 Å². The van der Waals surface area contributed by atoms with Crippen LogP contribution >= 0.6 is 11.3 Å². The lowest BCUT2D eigenvalue weighted by atomic mass is 10.2. The molecule has 5 heteroatoms. The Morgan fingerprint density at radius 3 is 2.67 bits per heavy atom. The first-order valence-corrected chi connectivity index (χ1v) is 7.51. The van der Waals surface area contributed by atoms with Crippen molar-refractivity contribution in [2.24, 2.45) is 5.73 Å². The van der Waals surface area contributed by atoms with E-state index in [-0.39, 0.29) is 0 Å². The minimum Gasteiger partial charge on any atom is -0.487 e. The van der Waals surface area contributed by atoms with E-state index in [2.05, 4.69) is 9.97 Å². The minimum absolute atomic E-state index is 0.450. The van der Waals surface area contributed by atoms with Gasteiger partial charge < -0.3 is 10.5 Å². The summed E-state index contributed by atoms with van der Waals surface area (Å²) < 4.78 is 5.72. The van der Waals surface area contributed by atoms with Crippen LogP contribution in [0.5, 0.6) is 5.75 Å². The maximum Gasteiger partial charge on any atom is 0.142 e. The van der Waals surface area contributed by atoms with Gasteiger partial charge in [-0.3, -0.25) is 4.98 Å². The number of hydrogen-bond donors (Lipinski definition) is 1. The summed E-state index contributed by atoms with van der Waals surface area (Å²) in [4.78, 5) is 8.84. The van der Waals surface area contributed by atoms with Gasteiger partial charge in [0.1, 0.15) is 17.4 Å². The first-order chi connectivity index (χ1) is 10.3. The average molecular weight is 297 g/mol. The van der Waals surface area contributed by atoms with E-state index in [4.69, 9.17) is 10.5 Å². The highest BCUT2D eigenvalue weighted by molar-refractivity contribution is 7.13. The van der Waals surface area contributed by atoms with Crippen LogP contribution in [0.15, 0.2) is 54.0 Å². The van der Waals surface area contributed by atoms with Crippen LogP contribution in [-0.2, 0) is 13.2 Å². The van der Waals surface area contributed by atoms with Crippen LogP contribution in [0.25, 0.3) is 10.7 Å². The first kappa shape index (κ1) is 13.7. The summed E-state index contributed by atoms with van der Waals surface area (Å²) in [5.74, 6) is 0.819. The van der Waals surface area contributed by atoms with Gasteiger partial charge in [-0.05, 0) is 29.8 Å². The lowest BCUT2D eigenvalue weighted by Crippen LogP contribution is -1.98. The summed E-state index contributed by atoms with van der Waals surface area (Å²) >= 11 is 1.57. The van der Waals surface area contributed by atoms with E-state index in [9.17, 15) is 0 Å². The van der Waals surface area contributed by atoms with Gasteiger partial charge in [0, 0.05) is 18.1 Å². The second-order valence-corrected chi connectivity index (χ2v) is 5.35. The number of nitrogens with zero attached hydrogens (tertiary/aromatic N) is 2. The predicted molar refractivity (Wildman–Crippen MR) is 84.0 cm³/mol. The van der Waals surface area contributed by atoms with Crippen molar-refractivity contribution >= 4 is 11.3 Å². The van der Waals surface area contributed by atoms with Crippen LogP contribution in [0.1, 0.15) is 11.3 Å². The van der Waals surface area contributed by atoms with Crippen LogP contribution in [0.3, 0.4) is 0 Å². The topological polar surface area (TPSA) is 61.0 Å². The van der Waals surface area contributed by atoms with E-state index in [0.29, 0.717) is 13.2 Å². The van der Waals surface area contributed by atoms with Crippen molar-refractivity contribution < 1.29 is 4.74 Å². The fourth-order valence-corrected chi connectivity index (χ4v) is 2.64. The Morgan fingerprint density at radius 1 is 1.10 bits per heavy atom. The summed E-state index contributed by atoms with van der Waals surface area (Å²) in [7, 11) is 0. The molecule has 21 heavy (non-hydrogen) atoms. The second-order valence-electron chi connectivity index (χ2n) is 4.50. The quantitative estimate of drug-likeness (QED) is 0.785. The maximum atomic E-state index is 5.72. The van der Waals surface area contributed by atoms with E-state index in [1.807, 2.05) is 47.8 Å². The van der Waals surface area contributed by atoms with Crippen molar-refractivity contribution in [3.05, 3.63) is 65.3 Å². The zero-order chi connectivity index (χ0) is 14.5. The SMILES string of the molecule is NCc1ccc(OCc2csc(-c3ccccn3)n2)cc1. The highest BCUT2D eigenvalue weighted by Crippen LogP contribution is 2.22. The van der Waals surface area contributed by atoms with Gasteiger partial charge in [-0.2, -0.15) is 0 Å². The van der Waals surface area contributed by atoms with Crippen molar-refractivity contribution in [1.82, 2.24) is 9.97 Å². The number of pyridine rings is 1. The molecule has 2 N–H and O–H groups in total. The molecule has 0 radical (unpaired) electrons. The molecule has 2 heterocycles. The molecule has 4 nitrogen and oxygen atoms in total. The van der Waals surface area contributed by atoms with Gasteiger partial charge in [-0.15, -0.1) is 11.3 Å². The second kappa shape index (κ2) is 6.47. The van der Waals surface area contributed by atoms with Gasteiger partial charge in [-0.25, -0.2) is 4.98 Å². The molecule has 0 aliphatic carbocycles. The standard InChI is InChI=1S/C16H15N3OS/c17-9-12-4-6-14(7-5-12)20-10-13-11-21-16(19-13)15-3-1-2-8-18-15/h1-8,11H,9-10,17H2. The van der Waals surface area contributed by atoms with Gasteiger partial charge in [0.25, 0.3) is 0 Å². The molecule has 3 rings (SSSR count). The molecule has 1 aromatic carbocycles. The number of rotatable bonds is 5. The van der Waals surface area contributed by atoms with Crippen molar-refractivity contribution in [2.75, 3.05) is 0 Å². The summed E-state index contributed by atoms with van der Waals surface area (Å²) in [5, 5.41) is 2.91. The first-order valence-electron chi connectivity index (χ1n) is 6.63. The van der Waals surface area contributed by atoms with Crippen LogP contribution in [-0.4, -0.2) is 9.97 Å². The molecule has 0 fully saturated rings. The number of thiazole rings is 1. The number of nitrogens with two attached hydrogens (primary N) is 1. The molecule has 0 amide bonds. The number of ether oxygens (including phenoxy) is 1. The van der Waals surface area contributed by atoms with Gasteiger partial charge >= 0.3 is 0 Å². The van der Waals surface area contributed by atoms with Gasteiger partial charge in [-0.1, -0.05) is 18.2 Å². The van der Waals surface area contributed by atoms with Crippen molar-refractivity contribution in [2.45, 2.75) is 13.2 Å². The summed E-state index contributed by atoms with van der Waals surface area (Å²) in [6, 6.07) is 13.6. The molecule has 0 aliphatic rings. The van der Waals surface area contributed by atoms with Crippen LogP contribution < -0.4 is 10.5 Å². The molecule has 3 aromatic rings. The predicted octanol–water partition coefficient (Wildman–Crippen LogP) is 3.24. The maximum absolute atomic E-state index is 5.72. The highest BCUT2D eigenvalue weighted by atomic mass is 32.1. The summed E-state index contributed by atoms with van der Waals surface area (Å²) in [6.45, 7) is 0.991. The minimum atomic E-state index is 0.450. The molecule has 106 valence electrons. The normalized spacial score (nSPS) is 10.5. The molecule has 0 bridgehead atoms. The van der Waals surface area contributed by atoms with Gasteiger partial charge in [0.15, 0.2) is 0 Å². The summed E-state index contributed by atoms with van der Waals surface area (Å²) in [6.07, 6.45) is 1.77. The third kappa shape index (κ3) is 3.45. The fraction of sp³-hybridized carbons (Fsp3) is 0.125. The Labute approximate surface area is 127 Å². The lowest BCUT2D eigenvalue weighted by molar-refractivity contribution is 0.302. The zero-order valence-corrected chi connectivity index (χ0v) is 12.2. The third-order valence-corrected chi connectivity index (χ3v) is 3.90. The fourth-order valence-electron chi connectivity index (χ4n) is 1.86. The Balaban J connectivity index is 1.64. The van der Waals surface area contributed by atoms with Crippen LogP contribution in [0.2, 0.25) is 0 Å². The van der Waals surface area contributed by atoms with Crippen LogP contribution in [0, 0.1) is 0 Å². The Hall–Kier alpha value is -2.24. The summed E-state index contributed by atoms with van der Waals surface area (Å²) in [5.41, 5.74) is 8.45. The molecule has 0 spiro atoms. The smallest absolute Gasteiger partial charge is 0.142 e. The zero-order valence-electron chi connectivity index (χ0n) is 11.4. The van der Waals surface area contributed by atoms with Gasteiger partial charge in [0.05, 0.1) is 11.4 Å². The van der Waals surface area contributed by atoms with E-state index in [1.165, 1.54) is 0 Å². The Morgan fingerprint density at radius 2 is 1.95 bits per heavy atom. The molecule has 0 aliphatic heterocycles. The molecule has 0 saturated carbocycles. The van der Waals surface area contributed by atoms with Crippen molar-refractivity contribution in [3.63, 3.8) is 0 Å². The van der Waals surface area contributed by atoms with Crippen molar-refractivity contribution in [3.8, 4) is 16.5 Å². The largest absolute Gasteiger partial charge is 0.487 e. The van der Waals surface area contributed by atoms with Crippen molar-refractivity contribution in [1.29, 1.82) is 0 Å². The molecule has 0 unspecified atom stereocenters. The van der Waals surface area contributed by atoms with Gasteiger partial charge in [0.2, 0.25) is 0 Å². The molecular weight excluding hydrogens is 282 g/mol. The van der Waals surface area contributed by atoms with E-state index < -0.39 is 0 Å². The monoisotopic (exact) mass is 297 g/mol. The molecular formula is C16H15N3OS. The van der Waals surface area contributed by atoms with E-state index >= 15 is 0 Å². The molecule has 0 atom stereocenters. The van der Waals surface area contributed by atoms with E-state index in [1.54, 1.807) is 17.5 Å². The van der Waals surface area contributed by atoms with Crippen LogP contribution in [0.4, 0.5) is 0 Å². The Kier molecular flexibility index (Phi) is 4.23. The average Bonchev–Trinajstić information content (AvgIpc) is 3.03.